The Labute approximate surface area is 108 Å². The molecule has 3 rings (SSSR count). The minimum atomic E-state index is 0.188. The van der Waals surface area contributed by atoms with Crippen molar-refractivity contribution in [1.29, 1.82) is 0 Å². The van der Waals surface area contributed by atoms with Gasteiger partial charge in [0.1, 0.15) is 0 Å². The van der Waals surface area contributed by atoms with Crippen molar-refractivity contribution in [3.8, 4) is 0 Å². The normalized spacial score (nSPS) is 25.6. The van der Waals surface area contributed by atoms with Gasteiger partial charge in [-0.1, -0.05) is 0 Å². The Morgan fingerprint density at radius 2 is 2.06 bits per heavy atom. The number of H-pyrrole nitrogens is 1. The number of amides is 1. The summed E-state index contributed by atoms with van der Waals surface area (Å²) in [7, 11) is 0. The summed E-state index contributed by atoms with van der Waals surface area (Å²) in [5.74, 6) is 1.72. The number of carbonyl (C=O) groups is 1. The second kappa shape index (κ2) is 5.14. The number of rotatable bonds is 2. The smallest absolute Gasteiger partial charge is 0.255 e. The van der Waals surface area contributed by atoms with Crippen LogP contribution in [0.3, 0.4) is 0 Å². The molecule has 3 heterocycles. The molecule has 0 aromatic carbocycles. The van der Waals surface area contributed by atoms with E-state index in [1.807, 2.05) is 17.2 Å². The van der Waals surface area contributed by atoms with E-state index in [9.17, 15) is 4.79 Å². The molecular weight excluding hydrogens is 226 g/mol. The van der Waals surface area contributed by atoms with E-state index in [-0.39, 0.29) is 5.91 Å². The topological polar surface area (TPSA) is 48.1 Å². The van der Waals surface area contributed by atoms with Crippen LogP contribution in [0.1, 0.15) is 29.6 Å². The molecule has 0 bridgehead atoms. The van der Waals surface area contributed by atoms with Gasteiger partial charge in [-0.3, -0.25) is 4.79 Å². The summed E-state index contributed by atoms with van der Waals surface area (Å²) in [5, 5.41) is 3.41. The molecule has 1 aromatic heterocycles. The lowest BCUT2D eigenvalue weighted by Gasteiger charge is -2.28. The number of hydrogen-bond acceptors (Lipinski definition) is 2. The number of nitrogens with one attached hydrogen (secondary N) is 2. The molecule has 2 fully saturated rings. The Morgan fingerprint density at radius 3 is 2.78 bits per heavy atom. The third-order valence-corrected chi connectivity index (χ3v) is 4.41. The van der Waals surface area contributed by atoms with Crippen LogP contribution >= 0.6 is 0 Å². The second-order valence-corrected chi connectivity index (χ2v) is 5.49. The van der Waals surface area contributed by atoms with Crippen LogP contribution in [0.4, 0.5) is 0 Å². The maximum atomic E-state index is 12.2. The molecule has 0 radical (unpaired) electrons. The second-order valence-electron chi connectivity index (χ2n) is 5.49. The van der Waals surface area contributed by atoms with Crippen molar-refractivity contribution >= 4 is 5.91 Å². The summed E-state index contributed by atoms with van der Waals surface area (Å²) >= 11 is 0. The van der Waals surface area contributed by atoms with Gasteiger partial charge in [-0.25, -0.2) is 0 Å². The summed E-state index contributed by atoms with van der Waals surface area (Å²) in [6, 6.07) is 1.86. The molecule has 4 nitrogen and oxygen atoms in total. The van der Waals surface area contributed by atoms with Gasteiger partial charge >= 0.3 is 0 Å². The highest BCUT2D eigenvalue weighted by Crippen LogP contribution is 2.30. The number of aromatic amines is 1. The first-order chi connectivity index (χ1) is 8.84. The van der Waals surface area contributed by atoms with Gasteiger partial charge in [-0.15, -0.1) is 0 Å². The van der Waals surface area contributed by atoms with Crippen LogP contribution in [0.5, 0.6) is 0 Å². The van der Waals surface area contributed by atoms with E-state index in [2.05, 4.69) is 10.3 Å². The molecule has 1 aromatic rings. The van der Waals surface area contributed by atoms with E-state index in [1.165, 1.54) is 19.3 Å². The SMILES string of the molecule is O=C(c1cc[nH]c1)N1CCC(C2CCNCC2)C1. The van der Waals surface area contributed by atoms with Gasteiger partial charge in [0.15, 0.2) is 0 Å². The summed E-state index contributed by atoms with van der Waals surface area (Å²) < 4.78 is 0. The first kappa shape index (κ1) is 11.8. The maximum Gasteiger partial charge on any atom is 0.255 e. The summed E-state index contributed by atoms with van der Waals surface area (Å²) in [5.41, 5.74) is 0.793. The number of nitrogens with zero attached hydrogens (tertiary/aromatic N) is 1. The average Bonchev–Trinajstić information content (AvgIpc) is 3.10. The van der Waals surface area contributed by atoms with Gasteiger partial charge in [0, 0.05) is 25.5 Å². The minimum Gasteiger partial charge on any atom is -0.367 e. The maximum absolute atomic E-state index is 12.2. The standard InChI is InChI=1S/C14H21N3O/c18-14(12-3-7-16-9-12)17-8-4-13(10-17)11-1-5-15-6-2-11/h3,7,9,11,13,15-16H,1-2,4-6,8,10H2. The zero-order valence-corrected chi connectivity index (χ0v) is 10.7. The van der Waals surface area contributed by atoms with Crippen molar-refractivity contribution < 1.29 is 4.79 Å². The predicted molar refractivity (Wildman–Crippen MR) is 70.4 cm³/mol. The Hall–Kier alpha value is -1.29. The van der Waals surface area contributed by atoms with Gasteiger partial charge in [0.25, 0.3) is 5.91 Å². The lowest BCUT2D eigenvalue weighted by Crippen LogP contribution is -2.34. The molecular formula is C14H21N3O. The molecule has 1 unspecified atom stereocenters. The summed E-state index contributed by atoms with van der Waals surface area (Å²) in [4.78, 5) is 17.2. The molecule has 4 heteroatoms. The van der Waals surface area contributed by atoms with E-state index in [0.717, 1.165) is 43.6 Å². The highest BCUT2D eigenvalue weighted by atomic mass is 16.2. The number of aromatic nitrogens is 1. The van der Waals surface area contributed by atoms with Crippen molar-refractivity contribution in [1.82, 2.24) is 15.2 Å². The van der Waals surface area contributed by atoms with E-state index in [0.29, 0.717) is 0 Å². The molecule has 2 aliphatic heterocycles. The van der Waals surface area contributed by atoms with E-state index >= 15 is 0 Å². The first-order valence-electron chi connectivity index (χ1n) is 6.97. The largest absolute Gasteiger partial charge is 0.367 e. The van der Waals surface area contributed by atoms with Gasteiger partial charge < -0.3 is 15.2 Å². The van der Waals surface area contributed by atoms with Crippen molar-refractivity contribution in [2.45, 2.75) is 19.3 Å². The van der Waals surface area contributed by atoms with Crippen LogP contribution in [-0.4, -0.2) is 42.0 Å². The third kappa shape index (κ3) is 2.29. The summed E-state index contributed by atoms with van der Waals surface area (Å²) in [6.07, 6.45) is 7.34. The number of likely N-dealkylation sites (tertiary alicyclic amines) is 1. The molecule has 0 saturated carbocycles. The van der Waals surface area contributed by atoms with Gasteiger partial charge in [-0.2, -0.15) is 0 Å². The van der Waals surface area contributed by atoms with Crippen LogP contribution < -0.4 is 5.32 Å². The molecule has 1 amide bonds. The highest BCUT2D eigenvalue weighted by molar-refractivity contribution is 5.94. The molecule has 1 atom stereocenters. The van der Waals surface area contributed by atoms with Crippen molar-refractivity contribution in [2.24, 2.45) is 11.8 Å². The number of piperidine rings is 1. The van der Waals surface area contributed by atoms with Crippen molar-refractivity contribution in [3.05, 3.63) is 24.0 Å². The predicted octanol–water partition coefficient (Wildman–Crippen LogP) is 1.48. The van der Waals surface area contributed by atoms with Crippen LogP contribution in [0.25, 0.3) is 0 Å². The van der Waals surface area contributed by atoms with Crippen molar-refractivity contribution in [3.63, 3.8) is 0 Å². The lowest BCUT2D eigenvalue weighted by molar-refractivity contribution is 0.0780. The van der Waals surface area contributed by atoms with Gasteiger partial charge in [0.05, 0.1) is 5.56 Å². The van der Waals surface area contributed by atoms with Gasteiger partial charge in [0.2, 0.25) is 0 Å². The Bertz CT molecular complexity index is 395. The Balaban J connectivity index is 1.59. The van der Waals surface area contributed by atoms with Gasteiger partial charge in [-0.05, 0) is 50.3 Å². The fourth-order valence-electron chi connectivity index (χ4n) is 3.31. The highest BCUT2D eigenvalue weighted by Gasteiger charge is 2.32. The first-order valence-corrected chi connectivity index (χ1v) is 6.97. The van der Waals surface area contributed by atoms with Crippen LogP contribution in [0.2, 0.25) is 0 Å². The molecule has 2 saturated heterocycles. The fraction of sp³-hybridized carbons (Fsp3) is 0.643. The fourth-order valence-corrected chi connectivity index (χ4v) is 3.31. The minimum absolute atomic E-state index is 0.188. The quantitative estimate of drug-likeness (QED) is 0.831. The van der Waals surface area contributed by atoms with E-state index in [4.69, 9.17) is 0 Å². The zero-order chi connectivity index (χ0) is 12.4. The molecule has 18 heavy (non-hydrogen) atoms. The molecule has 2 aliphatic rings. The van der Waals surface area contributed by atoms with Crippen LogP contribution in [-0.2, 0) is 0 Å². The molecule has 98 valence electrons. The zero-order valence-electron chi connectivity index (χ0n) is 10.7. The Morgan fingerprint density at radius 1 is 1.22 bits per heavy atom. The number of hydrogen-bond donors (Lipinski definition) is 2. The summed E-state index contributed by atoms with van der Waals surface area (Å²) in [6.45, 7) is 4.17. The van der Waals surface area contributed by atoms with Crippen LogP contribution in [0, 0.1) is 11.8 Å². The molecule has 0 spiro atoms. The Kier molecular flexibility index (Phi) is 3.37. The third-order valence-electron chi connectivity index (χ3n) is 4.41. The monoisotopic (exact) mass is 247 g/mol. The lowest BCUT2D eigenvalue weighted by atomic mass is 9.84. The number of carbonyl (C=O) groups excluding carboxylic acids is 1. The van der Waals surface area contributed by atoms with E-state index in [1.54, 1.807) is 6.20 Å². The van der Waals surface area contributed by atoms with Crippen LogP contribution in [0.15, 0.2) is 18.5 Å². The average molecular weight is 247 g/mol. The van der Waals surface area contributed by atoms with Crippen molar-refractivity contribution in [2.75, 3.05) is 26.2 Å². The molecule has 0 aliphatic carbocycles. The van der Waals surface area contributed by atoms with E-state index < -0.39 is 0 Å². The molecule has 2 N–H and O–H groups in total.